The molecule has 6 heteroatoms. The molecule has 0 bridgehead atoms. The molecule has 0 aromatic heterocycles. The molecule has 22 heavy (non-hydrogen) atoms. The lowest BCUT2D eigenvalue weighted by Crippen LogP contribution is -2.28. The van der Waals surface area contributed by atoms with Crippen molar-refractivity contribution >= 4 is 15.7 Å². The highest BCUT2D eigenvalue weighted by molar-refractivity contribution is 7.55. The van der Waals surface area contributed by atoms with Gasteiger partial charge in [0.25, 0.3) is 0 Å². The Morgan fingerprint density at radius 1 is 1.09 bits per heavy atom. The average molecular weight is 351 g/mol. The van der Waals surface area contributed by atoms with Gasteiger partial charge < -0.3 is 14.2 Å². The van der Waals surface area contributed by atoms with E-state index in [1.165, 1.54) is 0 Å². The van der Waals surface area contributed by atoms with E-state index in [0.717, 1.165) is 19.3 Å². The molecule has 132 valence electrons. The molecule has 1 N–H and O–H groups in total. The van der Waals surface area contributed by atoms with E-state index in [4.69, 9.17) is 9.05 Å². The SMILES string of the molecule is CCCCC[C@H](O)[C@H](/C=C/[Si](C)(C)C)P(=O)(OCC)OCC. The first kappa shape index (κ1) is 22.1. The normalized spacial score (nSPS) is 16.1. The third kappa shape index (κ3) is 8.63. The number of hydrogen-bond donors (Lipinski definition) is 1. The minimum Gasteiger partial charge on any atom is -0.392 e. The Kier molecular flexibility index (Phi) is 10.8. The van der Waals surface area contributed by atoms with Crippen molar-refractivity contribution in [1.82, 2.24) is 0 Å². The zero-order chi connectivity index (χ0) is 17.2. The van der Waals surface area contributed by atoms with Gasteiger partial charge in [-0.1, -0.05) is 57.6 Å². The van der Waals surface area contributed by atoms with Gasteiger partial charge in [0.05, 0.1) is 27.4 Å². The molecule has 2 atom stereocenters. The highest BCUT2D eigenvalue weighted by Gasteiger charge is 2.38. The molecule has 0 radical (unpaired) electrons. The van der Waals surface area contributed by atoms with Crippen LogP contribution in [0.4, 0.5) is 0 Å². The molecule has 0 heterocycles. The highest BCUT2D eigenvalue weighted by Crippen LogP contribution is 2.55. The zero-order valence-electron chi connectivity index (χ0n) is 15.2. The fourth-order valence-electron chi connectivity index (χ4n) is 2.18. The van der Waals surface area contributed by atoms with Gasteiger partial charge in [-0.25, -0.2) is 0 Å². The topological polar surface area (TPSA) is 55.8 Å². The van der Waals surface area contributed by atoms with Gasteiger partial charge in [-0.15, -0.1) is 0 Å². The lowest BCUT2D eigenvalue weighted by molar-refractivity contribution is 0.141. The summed E-state index contributed by atoms with van der Waals surface area (Å²) in [4.78, 5) is 0. The van der Waals surface area contributed by atoms with E-state index in [1.807, 2.05) is 6.08 Å². The van der Waals surface area contributed by atoms with Gasteiger partial charge in [-0.2, -0.15) is 0 Å². The van der Waals surface area contributed by atoms with E-state index in [1.54, 1.807) is 13.8 Å². The van der Waals surface area contributed by atoms with E-state index in [2.05, 4.69) is 32.3 Å². The first-order valence-corrected chi connectivity index (χ1v) is 13.6. The maximum absolute atomic E-state index is 13.1. The summed E-state index contributed by atoms with van der Waals surface area (Å²) in [5, 5.41) is 10.6. The maximum atomic E-state index is 13.1. The molecule has 0 amide bonds. The van der Waals surface area contributed by atoms with Crippen LogP contribution < -0.4 is 0 Å². The van der Waals surface area contributed by atoms with Crippen LogP contribution in [0.3, 0.4) is 0 Å². The lowest BCUT2D eigenvalue weighted by atomic mass is 10.1. The molecule has 0 aromatic carbocycles. The smallest absolute Gasteiger partial charge is 0.340 e. The standard InChI is InChI=1S/C16H35O4PSi/c1-7-10-11-12-15(17)16(13-14-22(4,5)6)21(18,19-8-2)20-9-3/h13-17H,7-12H2,1-6H3/b14-13+/t15-,16-/m0/s1. The summed E-state index contributed by atoms with van der Waals surface area (Å²) >= 11 is 0. The predicted molar refractivity (Wildman–Crippen MR) is 97.3 cm³/mol. The summed E-state index contributed by atoms with van der Waals surface area (Å²) in [7, 11) is -4.79. The van der Waals surface area contributed by atoms with Gasteiger partial charge >= 0.3 is 7.60 Å². The summed E-state index contributed by atoms with van der Waals surface area (Å²) in [5.74, 6) is 0. The third-order valence-electron chi connectivity index (χ3n) is 3.27. The summed E-state index contributed by atoms with van der Waals surface area (Å²) in [6.07, 6.45) is 4.90. The molecule has 0 saturated heterocycles. The van der Waals surface area contributed by atoms with E-state index in [-0.39, 0.29) is 0 Å². The third-order valence-corrected chi connectivity index (χ3v) is 6.95. The Morgan fingerprint density at radius 2 is 1.64 bits per heavy atom. The molecule has 0 saturated carbocycles. The minimum atomic E-state index is -3.33. The van der Waals surface area contributed by atoms with Crippen LogP contribution in [0.1, 0.15) is 46.5 Å². The molecule has 4 nitrogen and oxygen atoms in total. The molecule has 0 fully saturated rings. The summed E-state index contributed by atoms with van der Waals surface area (Å²) < 4.78 is 24.0. The van der Waals surface area contributed by atoms with Crippen LogP contribution in [0.5, 0.6) is 0 Å². The molecule has 0 aromatic rings. The van der Waals surface area contributed by atoms with Crippen molar-refractivity contribution in [1.29, 1.82) is 0 Å². The summed E-state index contributed by atoms with van der Waals surface area (Å²) in [5.41, 5.74) is 1.54. The van der Waals surface area contributed by atoms with E-state index < -0.39 is 27.4 Å². The molecule has 0 unspecified atom stereocenters. The minimum absolute atomic E-state index is 0.316. The van der Waals surface area contributed by atoms with Crippen molar-refractivity contribution in [3.63, 3.8) is 0 Å². The quantitative estimate of drug-likeness (QED) is 0.306. The Labute approximate surface area is 137 Å². The van der Waals surface area contributed by atoms with Gasteiger partial charge in [0.2, 0.25) is 0 Å². The molecule has 0 rings (SSSR count). The van der Waals surface area contributed by atoms with Crippen LogP contribution in [0.2, 0.25) is 19.6 Å². The van der Waals surface area contributed by atoms with Crippen molar-refractivity contribution < 1.29 is 18.7 Å². The van der Waals surface area contributed by atoms with Gasteiger partial charge in [0.1, 0.15) is 5.66 Å². The second-order valence-electron chi connectivity index (χ2n) is 6.65. The van der Waals surface area contributed by atoms with Gasteiger partial charge in [-0.05, 0) is 20.3 Å². The van der Waals surface area contributed by atoms with Crippen molar-refractivity contribution in [2.24, 2.45) is 0 Å². The fourth-order valence-corrected chi connectivity index (χ4v) is 5.13. The maximum Gasteiger partial charge on any atom is 0.340 e. The molecular formula is C16H35O4PSi. The van der Waals surface area contributed by atoms with Gasteiger partial charge in [-0.3, -0.25) is 4.57 Å². The Bertz CT molecular complexity index is 356. The molecular weight excluding hydrogens is 315 g/mol. The van der Waals surface area contributed by atoms with Crippen LogP contribution in [-0.4, -0.2) is 38.2 Å². The van der Waals surface area contributed by atoms with E-state index in [9.17, 15) is 9.67 Å². The van der Waals surface area contributed by atoms with Crippen LogP contribution in [-0.2, 0) is 13.6 Å². The molecule has 0 aliphatic heterocycles. The van der Waals surface area contributed by atoms with Crippen molar-refractivity contribution in [3.8, 4) is 0 Å². The number of unbranched alkanes of at least 4 members (excludes halogenated alkanes) is 2. The average Bonchev–Trinajstić information content (AvgIpc) is 2.38. The largest absolute Gasteiger partial charge is 0.392 e. The van der Waals surface area contributed by atoms with E-state index >= 15 is 0 Å². The first-order chi connectivity index (χ1) is 10.2. The van der Waals surface area contributed by atoms with Crippen LogP contribution in [0, 0.1) is 0 Å². The number of hydrogen-bond acceptors (Lipinski definition) is 4. The second-order valence-corrected chi connectivity index (χ2v) is 13.9. The Morgan fingerprint density at radius 3 is 2.05 bits per heavy atom. The number of aliphatic hydroxyl groups excluding tert-OH is 1. The summed E-state index contributed by atoms with van der Waals surface area (Å²) in [6.45, 7) is 13.0. The fraction of sp³-hybridized carbons (Fsp3) is 0.875. The number of rotatable bonds is 12. The van der Waals surface area contributed by atoms with E-state index in [0.29, 0.717) is 19.6 Å². The molecule has 0 aliphatic carbocycles. The van der Waals surface area contributed by atoms with Gasteiger partial charge in [0, 0.05) is 0 Å². The monoisotopic (exact) mass is 350 g/mol. The molecule has 0 spiro atoms. The van der Waals surface area contributed by atoms with Crippen LogP contribution in [0.15, 0.2) is 11.8 Å². The number of aliphatic hydroxyl groups is 1. The molecule has 0 aliphatic rings. The zero-order valence-corrected chi connectivity index (χ0v) is 17.1. The van der Waals surface area contributed by atoms with Crippen LogP contribution in [0.25, 0.3) is 0 Å². The van der Waals surface area contributed by atoms with Crippen molar-refractivity contribution in [2.75, 3.05) is 13.2 Å². The van der Waals surface area contributed by atoms with Crippen molar-refractivity contribution in [3.05, 3.63) is 11.8 Å². The predicted octanol–water partition coefficient (Wildman–Crippen LogP) is 5.00. The van der Waals surface area contributed by atoms with Crippen molar-refractivity contribution in [2.45, 2.75) is 77.9 Å². The Hall–Kier alpha value is 0.0669. The summed E-state index contributed by atoms with van der Waals surface area (Å²) in [6, 6.07) is 0. The lowest BCUT2D eigenvalue weighted by Gasteiger charge is -2.28. The second kappa shape index (κ2) is 10.8. The van der Waals surface area contributed by atoms with Gasteiger partial charge in [0.15, 0.2) is 0 Å². The Balaban J connectivity index is 5.28. The highest BCUT2D eigenvalue weighted by atomic mass is 31.2. The first-order valence-electron chi connectivity index (χ1n) is 8.46. The van der Waals surface area contributed by atoms with Crippen LogP contribution >= 0.6 is 7.60 Å².